The van der Waals surface area contributed by atoms with Crippen molar-refractivity contribution in [1.82, 2.24) is 0 Å². The van der Waals surface area contributed by atoms with Gasteiger partial charge in [-0.2, -0.15) is 5.26 Å². The first kappa shape index (κ1) is 12.6. The Morgan fingerprint density at radius 3 is 2.60 bits per heavy atom. The number of hydrogen-bond acceptors (Lipinski definition) is 1. The van der Waals surface area contributed by atoms with Crippen LogP contribution >= 0.6 is 39.1 Å². The Bertz CT molecular complexity index is 426. The minimum atomic E-state index is 0.461. The molecule has 0 N–H and O–H groups in total. The van der Waals surface area contributed by atoms with Gasteiger partial charge >= 0.3 is 0 Å². The molecule has 0 fully saturated rings. The minimum Gasteiger partial charge on any atom is -0.193 e. The van der Waals surface area contributed by atoms with E-state index in [9.17, 15) is 0 Å². The highest BCUT2D eigenvalue weighted by molar-refractivity contribution is 9.10. The van der Waals surface area contributed by atoms with Crippen molar-refractivity contribution in [2.75, 3.05) is 0 Å². The average molecular weight is 305 g/mol. The van der Waals surface area contributed by atoms with Crippen molar-refractivity contribution < 1.29 is 0 Å². The Morgan fingerprint density at radius 2 is 2.13 bits per heavy atom. The molecule has 4 heteroatoms. The maximum Gasteiger partial charge on any atom is 0.0962 e. The lowest BCUT2D eigenvalue weighted by molar-refractivity contribution is 1.16. The van der Waals surface area contributed by atoms with E-state index in [4.69, 9.17) is 28.5 Å². The van der Waals surface area contributed by atoms with E-state index in [2.05, 4.69) is 22.0 Å². The molecule has 78 valence electrons. The molecule has 1 nitrogen and oxygen atoms in total. The monoisotopic (exact) mass is 303 g/mol. The molecule has 15 heavy (non-hydrogen) atoms. The number of benzene rings is 1. The normalized spacial score (nSPS) is 11.9. The SMILES string of the molecule is CC/C(C#N)=C(/Cl)c1cc(Cl)cc(Br)c1. The third-order valence-corrected chi connectivity index (χ3v) is 2.99. The molecule has 1 rings (SSSR count). The number of nitriles is 1. The second-order valence-electron chi connectivity index (χ2n) is 2.92. The first-order valence-corrected chi connectivity index (χ1v) is 5.88. The van der Waals surface area contributed by atoms with E-state index < -0.39 is 0 Å². The quantitative estimate of drug-likeness (QED) is 0.706. The molecule has 0 radical (unpaired) electrons. The van der Waals surface area contributed by atoms with Crippen molar-refractivity contribution in [3.63, 3.8) is 0 Å². The van der Waals surface area contributed by atoms with Gasteiger partial charge in [0.2, 0.25) is 0 Å². The van der Waals surface area contributed by atoms with Gasteiger partial charge in [0.15, 0.2) is 0 Å². The molecule has 0 saturated carbocycles. The molecule has 0 aliphatic rings. The van der Waals surface area contributed by atoms with E-state index in [0.29, 0.717) is 22.0 Å². The van der Waals surface area contributed by atoms with Crippen molar-refractivity contribution in [2.45, 2.75) is 13.3 Å². The number of hydrogen-bond donors (Lipinski definition) is 0. The molecule has 0 saturated heterocycles. The molecular formula is C11H8BrCl2N. The minimum absolute atomic E-state index is 0.461. The topological polar surface area (TPSA) is 23.8 Å². The highest BCUT2D eigenvalue weighted by Crippen LogP contribution is 2.29. The van der Waals surface area contributed by atoms with E-state index >= 15 is 0 Å². The van der Waals surface area contributed by atoms with Crippen LogP contribution in [0.5, 0.6) is 0 Å². The van der Waals surface area contributed by atoms with Crippen LogP contribution in [0.4, 0.5) is 0 Å². The van der Waals surface area contributed by atoms with Gasteiger partial charge in [-0.05, 0) is 30.2 Å². The lowest BCUT2D eigenvalue weighted by Gasteiger charge is -2.03. The summed E-state index contributed by atoms with van der Waals surface area (Å²) in [6.07, 6.45) is 0.611. The van der Waals surface area contributed by atoms with Gasteiger partial charge in [0, 0.05) is 15.1 Å². The Hall–Kier alpha value is -0.490. The number of halogens is 3. The zero-order valence-electron chi connectivity index (χ0n) is 8.02. The van der Waals surface area contributed by atoms with Crippen LogP contribution in [0.1, 0.15) is 18.9 Å². The van der Waals surface area contributed by atoms with Crippen LogP contribution < -0.4 is 0 Å². The zero-order chi connectivity index (χ0) is 11.4. The third-order valence-electron chi connectivity index (χ3n) is 1.87. The fourth-order valence-electron chi connectivity index (χ4n) is 1.14. The first-order valence-electron chi connectivity index (χ1n) is 4.33. The Labute approximate surface area is 107 Å². The second kappa shape index (κ2) is 5.55. The Kier molecular flexibility index (Phi) is 4.66. The van der Waals surface area contributed by atoms with E-state index in [1.165, 1.54) is 0 Å². The van der Waals surface area contributed by atoms with Gasteiger partial charge in [0.1, 0.15) is 0 Å². The van der Waals surface area contributed by atoms with Crippen molar-refractivity contribution in [2.24, 2.45) is 0 Å². The number of rotatable bonds is 2. The van der Waals surface area contributed by atoms with E-state index in [0.717, 1.165) is 10.0 Å². The molecule has 0 heterocycles. The summed E-state index contributed by atoms with van der Waals surface area (Å²) in [6, 6.07) is 7.42. The van der Waals surface area contributed by atoms with Crippen molar-refractivity contribution in [3.05, 3.63) is 38.8 Å². The molecule has 0 bridgehead atoms. The highest BCUT2D eigenvalue weighted by Gasteiger charge is 2.06. The van der Waals surface area contributed by atoms with Gasteiger partial charge in [-0.3, -0.25) is 0 Å². The van der Waals surface area contributed by atoms with Crippen LogP contribution in [-0.2, 0) is 0 Å². The van der Waals surface area contributed by atoms with Gasteiger partial charge in [-0.1, -0.05) is 46.1 Å². The van der Waals surface area contributed by atoms with Gasteiger partial charge in [0.25, 0.3) is 0 Å². The number of allylic oxidation sites excluding steroid dienone is 1. The van der Waals surface area contributed by atoms with Crippen molar-refractivity contribution >= 4 is 44.2 Å². The molecule has 0 atom stereocenters. The third kappa shape index (κ3) is 3.24. The van der Waals surface area contributed by atoms with Crippen molar-refractivity contribution in [3.8, 4) is 6.07 Å². The van der Waals surface area contributed by atoms with Gasteiger partial charge in [-0.25, -0.2) is 0 Å². The van der Waals surface area contributed by atoms with Gasteiger partial charge < -0.3 is 0 Å². The predicted octanol–water partition coefficient (Wildman–Crippen LogP) is 4.99. The predicted molar refractivity (Wildman–Crippen MR) is 67.8 cm³/mol. The summed E-state index contributed by atoms with van der Waals surface area (Å²) in [5, 5.41) is 9.91. The Morgan fingerprint density at radius 1 is 1.47 bits per heavy atom. The second-order valence-corrected chi connectivity index (χ2v) is 4.65. The van der Waals surface area contributed by atoms with E-state index in [1.807, 2.05) is 13.0 Å². The average Bonchev–Trinajstić information content (AvgIpc) is 2.18. The molecular weight excluding hydrogens is 297 g/mol. The largest absolute Gasteiger partial charge is 0.193 e. The summed E-state index contributed by atoms with van der Waals surface area (Å²) in [7, 11) is 0. The van der Waals surface area contributed by atoms with Crippen molar-refractivity contribution in [1.29, 1.82) is 5.26 Å². The van der Waals surface area contributed by atoms with E-state index in [-0.39, 0.29) is 0 Å². The molecule has 0 aromatic heterocycles. The van der Waals surface area contributed by atoms with Crippen LogP contribution in [0.3, 0.4) is 0 Å². The fourth-order valence-corrected chi connectivity index (χ4v) is 2.28. The standard InChI is InChI=1S/C11H8BrCl2N/c1-2-7(6-15)11(14)8-3-9(12)5-10(13)4-8/h3-5H,2H2,1H3/b11-7-. The molecule has 1 aromatic rings. The van der Waals surface area contributed by atoms with E-state index in [1.54, 1.807) is 12.1 Å². The van der Waals surface area contributed by atoms with Gasteiger partial charge in [-0.15, -0.1) is 0 Å². The summed E-state index contributed by atoms with van der Waals surface area (Å²) in [4.78, 5) is 0. The molecule has 0 amide bonds. The van der Waals surface area contributed by atoms with Crippen LogP contribution in [-0.4, -0.2) is 0 Å². The maximum atomic E-state index is 8.86. The van der Waals surface area contributed by atoms with Crippen LogP contribution in [0.2, 0.25) is 5.02 Å². The van der Waals surface area contributed by atoms with Crippen LogP contribution in [0, 0.1) is 11.3 Å². The summed E-state index contributed by atoms with van der Waals surface area (Å²) in [6.45, 7) is 1.89. The summed E-state index contributed by atoms with van der Waals surface area (Å²) >= 11 is 15.3. The Balaban J connectivity index is 3.28. The number of nitrogens with zero attached hydrogens (tertiary/aromatic N) is 1. The summed E-state index contributed by atoms with van der Waals surface area (Å²) < 4.78 is 0.844. The molecule has 0 aliphatic heterocycles. The van der Waals surface area contributed by atoms with Gasteiger partial charge in [0.05, 0.1) is 11.1 Å². The smallest absolute Gasteiger partial charge is 0.0962 e. The van der Waals surface area contributed by atoms with Crippen LogP contribution in [0.15, 0.2) is 28.2 Å². The molecule has 0 unspecified atom stereocenters. The zero-order valence-corrected chi connectivity index (χ0v) is 11.1. The molecule has 0 aliphatic carbocycles. The highest BCUT2D eigenvalue weighted by atomic mass is 79.9. The van der Waals surface area contributed by atoms with Crippen LogP contribution in [0.25, 0.3) is 5.03 Å². The lowest BCUT2D eigenvalue weighted by Crippen LogP contribution is -1.84. The molecule has 1 aromatic carbocycles. The molecule has 0 spiro atoms. The summed E-state index contributed by atoms with van der Waals surface area (Å²) in [5.41, 5.74) is 1.32. The summed E-state index contributed by atoms with van der Waals surface area (Å²) in [5.74, 6) is 0. The maximum absolute atomic E-state index is 8.86. The lowest BCUT2D eigenvalue weighted by atomic mass is 10.1. The first-order chi connectivity index (χ1) is 7.08. The fraction of sp³-hybridized carbons (Fsp3) is 0.182.